The van der Waals surface area contributed by atoms with Crippen LogP contribution in [0.25, 0.3) is 0 Å². The van der Waals surface area contributed by atoms with Crippen molar-refractivity contribution >= 4 is 17.7 Å². The van der Waals surface area contributed by atoms with Gasteiger partial charge in [0.15, 0.2) is 0 Å². The van der Waals surface area contributed by atoms with Crippen molar-refractivity contribution in [2.75, 3.05) is 11.5 Å². The van der Waals surface area contributed by atoms with Crippen LogP contribution >= 0.6 is 0 Å². The predicted molar refractivity (Wildman–Crippen MR) is 85.9 cm³/mol. The molecule has 0 spiro atoms. The molecule has 23 heavy (non-hydrogen) atoms. The maximum Gasteiger partial charge on any atom is 0.414 e. The molecule has 1 heterocycles. The molecule has 0 unspecified atom stereocenters. The van der Waals surface area contributed by atoms with Gasteiger partial charge in [-0.05, 0) is 42.7 Å². The summed E-state index contributed by atoms with van der Waals surface area (Å²) in [5, 5.41) is 9.12. The van der Waals surface area contributed by atoms with E-state index in [9.17, 15) is 9.59 Å². The van der Waals surface area contributed by atoms with Gasteiger partial charge in [-0.15, -0.1) is 0 Å². The van der Waals surface area contributed by atoms with Crippen LogP contribution in [-0.2, 0) is 11.2 Å². The first-order chi connectivity index (χ1) is 11.1. The number of nitrogens with zero attached hydrogens (tertiary/aromatic N) is 1. The summed E-state index contributed by atoms with van der Waals surface area (Å²) in [6.45, 7) is 2.05. The summed E-state index contributed by atoms with van der Waals surface area (Å²) in [5.74, 6) is -0.973. The average molecular weight is 311 g/mol. The van der Waals surface area contributed by atoms with Crippen molar-refractivity contribution in [2.45, 2.75) is 19.4 Å². The molecular formula is C18H17NO4. The lowest BCUT2D eigenvalue weighted by Crippen LogP contribution is -2.35. The van der Waals surface area contributed by atoms with E-state index in [4.69, 9.17) is 9.84 Å². The highest BCUT2D eigenvalue weighted by molar-refractivity contribution is 5.93. The molecular weight excluding hydrogens is 294 g/mol. The van der Waals surface area contributed by atoms with Gasteiger partial charge in [-0.1, -0.05) is 30.3 Å². The Morgan fingerprint density at radius 3 is 2.65 bits per heavy atom. The highest BCUT2D eigenvalue weighted by Gasteiger charge is 2.34. The molecule has 3 rings (SSSR count). The van der Waals surface area contributed by atoms with E-state index in [1.54, 1.807) is 24.0 Å². The zero-order chi connectivity index (χ0) is 16.4. The summed E-state index contributed by atoms with van der Waals surface area (Å²) < 4.78 is 5.19. The molecule has 2 aromatic carbocycles. The van der Waals surface area contributed by atoms with Crippen LogP contribution in [0.5, 0.6) is 0 Å². The Morgan fingerprint density at radius 1 is 1.26 bits per heavy atom. The van der Waals surface area contributed by atoms with Crippen molar-refractivity contribution in [3.05, 3.63) is 65.2 Å². The second-order valence-corrected chi connectivity index (χ2v) is 5.59. The first-order valence-electron chi connectivity index (χ1n) is 7.40. The zero-order valence-electron chi connectivity index (χ0n) is 12.7. The normalized spacial score (nSPS) is 17.2. The van der Waals surface area contributed by atoms with Crippen molar-refractivity contribution in [1.29, 1.82) is 0 Å². The van der Waals surface area contributed by atoms with E-state index in [0.29, 0.717) is 24.3 Å². The Morgan fingerprint density at radius 2 is 2.00 bits per heavy atom. The van der Waals surface area contributed by atoms with E-state index in [1.807, 2.05) is 30.3 Å². The minimum atomic E-state index is -0.973. The van der Waals surface area contributed by atoms with Gasteiger partial charge in [-0.2, -0.15) is 0 Å². The Bertz CT molecular complexity index is 742. The molecule has 0 saturated carbocycles. The maximum atomic E-state index is 12.1. The van der Waals surface area contributed by atoms with E-state index in [2.05, 4.69) is 0 Å². The average Bonchev–Trinajstić information content (AvgIpc) is 2.88. The number of hydrogen-bond donors (Lipinski definition) is 1. The largest absolute Gasteiger partial charge is 0.478 e. The number of carboxylic acid groups (broad SMARTS) is 1. The molecule has 5 heteroatoms. The Hall–Kier alpha value is -2.82. The van der Waals surface area contributed by atoms with Gasteiger partial charge in [0, 0.05) is 5.69 Å². The van der Waals surface area contributed by atoms with Gasteiger partial charge < -0.3 is 9.84 Å². The number of anilines is 1. The number of ether oxygens (including phenoxy) is 1. The quantitative estimate of drug-likeness (QED) is 0.941. The number of hydrogen-bond acceptors (Lipinski definition) is 3. The summed E-state index contributed by atoms with van der Waals surface area (Å²) >= 11 is 0. The smallest absolute Gasteiger partial charge is 0.414 e. The predicted octanol–water partition coefficient (Wildman–Crippen LogP) is 3.26. The van der Waals surface area contributed by atoms with Gasteiger partial charge >= 0.3 is 12.1 Å². The number of cyclic esters (lactones) is 1. The van der Waals surface area contributed by atoms with E-state index in [1.165, 1.54) is 6.07 Å². The van der Waals surface area contributed by atoms with Gasteiger partial charge in [-0.25, -0.2) is 9.59 Å². The van der Waals surface area contributed by atoms with Crippen LogP contribution in [0.1, 0.15) is 21.5 Å². The SMILES string of the molecule is Cc1cc(N2C(=O)OC[C@@H]2Cc2ccccc2)ccc1C(=O)O. The third-order valence-electron chi connectivity index (χ3n) is 3.99. The lowest BCUT2D eigenvalue weighted by atomic mass is 10.0. The minimum Gasteiger partial charge on any atom is -0.478 e. The fourth-order valence-electron chi connectivity index (χ4n) is 2.85. The Labute approximate surface area is 134 Å². The van der Waals surface area contributed by atoms with Crippen LogP contribution in [0.4, 0.5) is 10.5 Å². The molecule has 1 aliphatic heterocycles. The Kier molecular flexibility index (Phi) is 4.02. The highest BCUT2D eigenvalue weighted by atomic mass is 16.6. The number of carbonyl (C=O) groups is 2. The third-order valence-corrected chi connectivity index (χ3v) is 3.99. The number of carbonyl (C=O) groups excluding carboxylic acids is 1. The van der Waals surface area contributed by atoms with Crippen LogP contribution in [0.2, 0.25) is 0 Å². The number of aryl methyl sites for hydroxylation is 1. The monoisotopic (exact) mass is 311 g/mol. The molecule has 118 valence electrons. The van der Waals surface area contributed by atoms with Gasteiger partial charge in [0.25, 0.3) is 0 Å². The van der Waals surface area contributed by atoms with E-state index >= 15 is 0 Å². The lowest BCUT2D eigenvalue weighted by Gasteiger charge is -2.22. The van der Waals surface area contributed by atoms with Crippen molar-refractivity contribution in [3.63, 3.8) is 0 Å². The van der Waals surface area contributed by atoms with Gasteiger partial charge in [0.2, 0.25) is 0 Å². The number of benzene rings is 2. The number of rotatable bonds is 4. The van der Waals surface area contributed by atoms with Crippen molar-refractivity contribution < 1.29 is 19.4 Å². The van der Waals surface area contributed by atoms with Crippen LogP contribution < -0.4 is 4.90 Å². The fraction of sp³-hybridized carbons (Fsp3) is 0.222. The van der Waals surface area contributed by atoms with E-state index in [0.717, 1.165) is 5.56 Å². The molecule has 1 fully saturated rings. The van der Waals surface area contributed by atoms with Crippen molar-refractivity contribution in [3.8, 4) is 0 Å². The molecule has 0 bridgehead atoms. The lowest BCUT2D eigenvalue weighted by molar-refractivity contribution is 0.0696. The van der Waals surface area contributed by atoms with Crippen molar-refractivity contribution in [2.24, 2.45) is 0 Å². The molecule has 5 nitrogen and oxygen atoms in total. The van der Waals surface area contributed by atoms with E-state index < -0.39 is 12.1 Å². The van der Waals surface area contributed by atoms with Gasteiger partial charge in [0.1, 0.15) is 6.61 Å². The summed E-state index contributed by atoms with van der Waals surface area (Å²) in [6, 6.07) is 14.7. The number of carboxylic acids is 1. The molecule has 1 atom stereocenters. The molecule has 0 radical (unpaired) electrons. The second-order valence-electron chi connectivity index (χ2n) is 5.59. The van der Waals surface area contributed by atoms with Crippen LogP contribution in [0, 0.1) is 6.92 Å². The van der Waals surface area contributed by atoms with Crippen molar-refractivity contribution in [1.82, 2.24) is 0 Å². The third kappa shape index (κ3) is 3.04. The molecule has 0 aliphatic carbocycles. The second kappa shape index (κ2) is 6.12. The van der Waals surface area contributed by atoms with Crippen LogP contribution in [0.3, 0.4) is 0 Å². The zero-order valence-corrected chi connectivity index (χ0v) is 12.7. The molecule has 1 aliphatic rings. The summed E-state index contributed by atoms with van der Waals surface area (Å²) in [7, 11) is 0. The number of amides is 1. The summed E-state index contributed by atoms with van der Waals surface area (Å²) in [5.41, 5.74) is 2.64. The maximum absolute atomic E-state index is 12.1. The fourth-order valence-corrected chi connectivity index (χ4v) is 2.85. The standard InChI is InChI=1S/C18H17NO4/c1-12-9-14(7-8-16(12)17(20)21)19-15(11-23-18(19)22)10-13-5-3-2-4-6-13/h2-9,15H,10-11H2,1H3,(H,20,21)/t15-/m0/s1. The topological polar surface area (TPSA) is 66.8 Å². The van der Waals surface area contributed by atoms with Crippen LogP contribution in [0.15, 0.2) is 48.5 Å². The van der Waals surface area contributed by atoms with Crippen LogP contribution in [-0.4, -0.2) is 29.8 Å². The first-order valence-corrected chi connectivity index (χ1v) is 7.40. The first kappa shape index (κ1) is 15.1. The molecule has 1 saturated heterocycles. The Balaban J connectivity index is 1.88. The molecule has 1 N–H and O–H groups in total. The van der Waals surface area contributed by atoms with Gasteiger partial charge in [0.05, 0.1) is 11.6 Å². The summed E-state index contributed by atoms with van der Waals surface area (Å²) in [4.78, 5) is 24.8. The molecule has 1 amide bonds. The molecule has 2 aromatic rings. The number of aromatic carboxylic acids is 1. The minimum absolute atomic E-state index is 0.0972. The highest BCUT2D eigenvalue weighted by Crippen LogP contribution is 2.27. The summed E-state index contributed by atoms with van der Waals surface area (Å²) in [6.07, 6.45) is 0.292. The van der Waals surface area contributed by atoms with Gasteiger partial charge in [-0.3, -0.25) is 4.90 Å². The van der Waals surface area contributed by atoms with E-state index in [-0.39, 0.29) is 11.6 Å². The molecule has 0 aromatic heterocycles.